The van der Waals surface area contributed by atoms with Crippen molar-refractivity contribution < 1.29 is 14.3 Å². The summed E-state index contributed by atoms with van der Waals surface area (Å²) in [5.74, 6) is 2.55. The number of amides is 1. The lowest BCUT2D eigenvalue weighted by Gasteiger charge is -2.19. The number of ether oxygens (including phenoxy) is 2. The molecule has 0 aromatic heterocycles. The Kier molecular flexibility index (Phi) is 4.69. The zero-order chi connectivity index (χ0) is 15.1. The van der Waals surface area contributed by atoms with Gasteiger partial charge in [-0.2, -0.15) is 0 Å². The van der Waals surface area contributed by atoms with E-state index in [0.29, 0.717) is 36.4 Å². The largest absolute Gasteiger partial charge is 0.490 e. The molecule has 2 N–H and O–H groups in total. The molecule has 1 saturated carbocycles. The minimum atomic E-state index is 0. The average molecular weight is 339 g/mol. The van der Waals surface area contributed by atoms with Crippen LogP contribution < -0.4 is 15.2 Å². The van der Waals surface area contributed by atoms with Crippen LogP contribution in [0.4, 0.5) is 0 Å². The maximum Gasteiger partial charge on any atom is 0.254 e. The number of halogens is 1. The summed E-state index contributed by atoms with van der Waals surface area (Å²) in [4.78, 5) is 14.7. The van der Waals surface area contributed by atoms with Crippen LogP contribution in [0.3, 0.4) is 0 Å². The molecular weight excluding hydrogens is 316 g/mol. The molecule has 2 heterocycles. The fourth-order valence-electron chi connectivity index (χ4n) is 3.95. The van der Waals surface area contributed by atoms with Gasteiger partial charge in [-0.1, -0.05) is 0 Å². The highest BCUT2D eigenvalue weighted by atomic mass is 35.5. The van der Waals surface area contributed by atoms with Gasteiger partial charge in [0.25, 0.3) is 5.91 Å². The minimum Gasteiger partial charge on any atom is -0.490 e. The molecule has 1 aromatic rings. The van der Waals surface area contributed by atoms with E-state index in [1.165, 1.54) is 0 Å². The predicted octanol–water partition coefficient (Wildman–Crippen LogP) is 2.08. The number of benzene rings is 1. The van der Waals surface area contributed by atoms with Crippen LogP contribution in [-0.4, -0.2) is 43.2 Å². The second kappa shape index (κ2) is 6.57. The molecule has 1 saturated heterocycles. The molecule has 23 heavy (non-hydrogen) atoms. The zero-order valence-electron chi connectivity index (χ0n) is 13.1. The monoisotopic (exact) mass is 338 g/mol. The van der Waals surface area contributed by atoms with Crippen molar-refractivity contribution in [2.45, 2.75) is 25.3 Å². The quantitative estimate of drug-likeness (QED) is 0.851. The number of fused-ring (bicyclic) bond motifs is 2. The Morgan fingerprint density at radius 3 is 2.70 bits per heavy atom. The third-order valence-corrected chi connectivity index (χ3v) is 5.19. The van der Waals surface area contributed by atoms with Crippen molar-refractivity contribution >= 4 is 18.3 Å². The van der Waals surface area contributed by atoms with Gasteiger partial charge < -0.3 is 20.1 Å². The molecule has 1 amide bonds. The molecule has 0 spiro atoms. The van der Waals surface area contributed by atoms with Gasteiger partial charge >= 0.3 is 0 Å². The number of likely N-dealkylation sites (tertiary alicyclic amines) is 1. The van der Waals surface area contributed by atoms with E-state index in [1.54, 1.807) is 0 Å². The number of hydrogen-bond donors (Lipinski definition) is 1. The van der Waals surface area contributed by atoms with Gasteiger partial charge in [-0.05, 0) is 42.9 Å². The molecule has 2 fully saturated rings. The molecule has 3 aliphatic rings. The molecule has 3 atom stereocenters. The van der Waals surface area contributed by atoms with E-state index in [0.717, 1.165) is 38.1 Å². The topological polar surface area (TPSA) is 64.8 Å². The molecule has 2 aliphatic heterocycles. The number of nitrogens with two attached hydrogens (primary N) is 1. The van der Waals surface area contributed by atoms with Crippen molar-refractivity contribution in [3.05, 3.63) is 23.8 Å². The average Bonchev–Trinajstić information content (AvgIpc) is 3.00. The molecule has 0 radical (unpaired) electrons. The summed E-state index contributed by atoms with van der Waals surface area (Å²) in [6.45, 7) is 2.92. The number of carbonyl (C=O) groups excluding carboxylic acids is 1. The molecule has 0 bridgehead atoms. The molecule has 126 valence electrons. The van der Waals surface area contributed by atoms with Crippen LogP contribution in [0.5, 0.6) is 11.5 Å². The van der Waals surface area contributed by atoms with Gasteiger partial charge in [0.05, 0.1) is 13.2 Å². The highest BCUT2D eigenvalue weighted by Gasteiger charge is 2.42. The van der Waals surface area contributed by atoms with Gasteiger partial charge in [-0.25, -0.2) is 0 Å². The van der Waals surface area contributed by atoms with Crippen molar-refractivity contribution in [1.82, 2.24) is 4.90 Å². The second-order valence-electron chi connectivity index (χ2n) is 6.59. The minimum absolute atomic E-state index is 0. The molecule has 6 heteroatoms. The summed E-state index contributed by atoms with van der Waals surface area (Å²) in [6, 6.07) is 5.75. The lowest BCUT2D eigenvalue weighted by Crippen LogP contribution is -2.33. The Balaban J connectivity index is 0.00000156. The van der Waals surface area contributed by atoms with Crippen LogP contribution in [0.2, 0.25) is 0 Å². The first-order valence-electron chi connectivity index (χ1n) is 8.17. The lowest BCUT2D eigenvalue weighted by atomic mass is 9.98. The number of rotatable bonds is 1. The van der Waals surface area contributed by atoms with E-state index in [-0.39, 0.29) is 24.4 Å². The maximum atomic E-state index is 12.7. The van der Waals surface area contributed by atoms with E-state index < -0.39 is 0 Å². The Morgan fingerprint density at radius 1 is 1.13 bits per heavy atom. The summed E-state index contributed by atoms with van der Waals surface area (Å²) < 4.78 is 11.3. The predicted molar refractivity (Wildman–Crippen MR) is 89.4 cm³/mol. The summed E-state index contributed by atoms with van der Waals surface area (Å²) in [5, 5.41) is 0. The summed E-state index contributed by atoms with van der Waals surface area (Å²) in [5.41, 5.74) is 6.83. The maximum absolute atomic E-state index is 12.7. The molecule has 3 unspecified atom stereocenters. The first-order valence-corrected chi connectivity index (χ1v) is 8.17. The van der Waals surface area contributed by atoms with E-state index in [2.05, 4.69) is 0 Å². The fraction of sp³-hybridized carbons (Fsp3) is 0.588. The number of hydrogen-bond acceptors (Lipinski definition) is 4. The van der Waals surface area contributed by atoms with E-state index >= 15 is 0 Å². The van der Waals surface area contributed by atoms with Gasteiger partial charge in [0, 0.05) is 31.1 Å². The highest BCUT2D eigenvalue weighted by molar-refractivity contribution is 5.95. The molecule has 4 rings (SSSR count). The SMILES string of the molecule is Cl.NC1CCC2CN(C(=O)c3ccc4c(c3)OCCCO4)CC12. The number of carbonyl (C=O) groups is 1. The first kappa shape index (κ1) is 16.4. The van der Waals surface area contributed by atoms with Crippen molar-refractivity contribution in [1.29, 1.82) is 0 Å². The van der Waals surface area contributed by atoms with Crippen LogP contribution in [0, 0.1) is 11.8 Å². The summed E-state index contributed by atoms with van der Waals surface area (Å²) >= 11 is 0. The van der Waals surface area contributed by atoms with Gasteiger partial charge in [0.15, 0.2) is 11.5 Å². The van der Waals surface area contributed by atoms with Crippen LogP contribution in [0.25, 0.3) is 0 Å². The Morgan fingerprint density at radius 2 is 1.91 bits per heavy atom. The van der Waals surface area contributed by atoms with Crippen molar-refractivity contribution in [2.24, 2.45) is 17.6 Å². The smallest absolute Gasteiger partial charge is 0.254 e. The Labute approximate surface area is 142 Å². The normalized spacial score (nSPS) is 28.7. The molecule has 5 nitrogen and oxygen atoms in total. The number of nitrogens with zero attached hydrogens (tertiary/aromatic N) is 1. The third-order valence-electron chi connectivity index (χ3n) is 5.19. The van der Waals surface area contributed by atoms with Crippen LogP contribution in [-0.2, 0) is 0 Å². The third kappa shape index (κ3) is 3.00. The first-order chi connectivity index (χ1) is 10.7. The fourth-order valence-corrected chi connectivity index (χ4v) is 3.95. The van der Waals surface area contributed by atoms with Gasteiger partial charge in [0.2, 0.25) is 0 Å². The van der Waals surface area contributed by atoms with Crippen molar-refractivity contribution in [3.63, 3.8) is 0 Å². The van der Waals surface area contributed by atoms with Crippen molar-refractivity contribution in [2.75, 3.05) is 26.3 Å². The van der Waals surface area contributed by atoms with Gasteiger partial charge in [-0.15, -0.1) is 12.4 Å². The second-order valence-corrected chi connectivity index (χ2v) is 6.59. The molecule has 1 aromatic carbocycles. The Bertz CT molecular complexity index is 595. The molecule has 1 aliphatic carbocycles. The van der Waals surface area contributed by atoms with E-state index in [4.69, 9.17) is 15.2 Å². The summed E-state index contributed by atoms with van der Waals surface area (Å²) in [7, 11) is 0. The highest BCUT2D eigenvalue weighted by Crippen LogP contribution is 2.38. The summed E-state index contributed by atoms with van der Waals surface area (Å²) in [6.07, 6.45) is 3.11. The van der Waals surface area contributed by atoms with E-state index in [1.807, 2.05) is 23.1 Å². The van der Waals surface area contributed by atoms with Crippen LogP contribution in [0.1, 0.15) is 29.6 Å². The standard InChI is InChI=1S/C17H22N2O3.ClH/c18-14-4-2-12-9-19(10-13(12)14)17(20)11-3-5-15-16(8-11)22-7-1-6-21-15;/h3,5,8,12-14H,1-2,4,6-7,9-10,18H2;1H. The zero-order valence-corrected chi connectivity index (χ0v) is 13.9. The van der Waals surface area contributed by atoms with E-state index in [9.17, 15) is 4.79 Å². The molecular formula is C17H23ClN2O3. The lowest BCUT2D eigenvalue weighted by molar-refractivity contribution is 0.0779. The van der Waals surface area contributed by atoms with Crippen molar-refractivity contribution in [3.8, 4) is 11.5 Å². The van der Waals surface area contributed by atoms with Gasteiger partial charge in [0.1, 0.15) is 0 Å². The Hall–Kier alpha value is -1.46. The van der Waals surface area contributed by atoms with Crippen LogP contribution in [0.15, 0.2) is 18.2 Å². The van der Waals surface area contributed by atoms with Crippen LogP contribution >= 0.6 is 12.4 Å². The van der Waals surface area contributed by atoms with Gasteiger partial charge in [-0.3, -0.25) is 4.79 Å².